The van der Waals surface area contributed by atoms with Crippen LogP contribution in [0, 0.1) is 0 Å². The molecule has 0 amide bonds. The normalized spacial score (nSPS) is 10.2. The Morgan fingerprint density at radius 2 is 1.77 bits per heavy atom. The van der Waals surface area contributed by atoms with E-state index in [1.165, 1.54) is 0 Å². The summed E-state index contributed by atoms with van der Waals surface area (Å²) in [5, 5.41) is 4.04. The molecule has 0 aliphatic heterocycles. The number of rotatable bonds is 5. The van der Waals surface area contributed by atoms with Crippen molar-refractivity contribution >= 4 is 11.6 Å². The molecule has 0 saturated carbocycles. The van der Waals surface area contributed by atoms with E-state index in [0.29, 0.717) is 6.54 Å². The van der Waals surface area contributed by atoms with Gasteiger partial charge in [0, 0.05) is 23.3 Å². The SMILES string of the molecule is Clc1ccc(-c2ccc(CNCc3ccccn3)o2)cc1.[Cl-]. The van der Waals surface area contributed by atoms with E-state index in [1.807, 2.05) is 54.6 Å². The topological polar surface area (TPSA) is 38.1 Å². The van der Waals surface area contributed by atoms with Crippen molar-refractivity contribution in [2.45, 2.75) is 13.1 Å². The Morgan fingerprint density at radius 1 is 0.955 bits per heavy atom. The first kappa shape index (κ1) is 16.6. The third-order valence-corrected chi connectivity index (χ3v) is 3.37. The minimum absolute atomic E-state index is 0. The summed E-state index contributed by atoms with van der Waals surface area (Å²) in [5.74, 6) is 1.75. The van der Waals surface area contributed by atoms with Gasteiger partial charge >= 0.3 is 0 Å². The molecule has 0 radical (unpaired) electrons. The van der Waals surface area contributed by atoms with Gasteiger partial charge in [0.1, 0.15) is 11.5 Å². The standard InChI is InChI=1S/C17H15ClN2O.ClH/c18-14-6-4-13(5-7-14)17-9-8-16(21-17)12-19-11-15-3-1-2-10-20-15;/h1-10,19H,11-12H2;1H/p-1. The lowest BCUT2D eigenvalue weighted by Crippen LogP contribution is -3.00. The summed E-state index contributed by atoms with van der Waals surface area (Å²) in [5.41, 5.74) is 2.04. The van der Waals surface area contributed by atoms with Gasteiger partial charge in [0.15, 0.2) is 0 Å². The summed E-state index contributed by atoms with van der Waals surface area (Å²) in [6.07, 6.45) is 1.79. The molecule has 3 aromatic rings. The second-order valence-corrected chi connectivity index (χ2v) is 5.13. The number of furan rings is 1. The molecule has 5 heteroatoms. The maximum Gasteiger partial charge on any atom is 0.134 e. The second-order valence-electron chi connectivity index (χ2n) is 4.70. The van der Waals surface area contributed by atoms with Gasteiger partial charge in [0.05, 0.1) is 12.2 Å². The molecule has 0 saturated heterocycles. The van der Waals surface area contributed by atoms with Crippen molar-refractivity contribution in [1.82, 2.24) is 10.3 Å². The Labute approximate surface area is 140 Å². The third kappa shape index (κ3) is 4.34. The van der Waals surface area contributed by atoms with E-state index in [2.05, 4.69) is 10.3 Å². The highest BCUT2D eigenvalue weighted by Gasteiger charge is 2.04. The molecule has 0 bridgehead atoms. The zero-order valence-corrected chi connectivity index (χ0v) is 13.3. The van der Waals surface area contributed by atoms with Crippen molar-refractivity contribution in [2.24, 2.45) is 0 Å². The highest BCUT2D eigenvalue weighted by Crippen LogP contribution is 2.23. The summed E-state index contributed by atoms with van der Waals surface area (Å²) in [7, 11) is 0. The molecule has 0 aliphatic rings. The zero-order chi connectivity index (χ0) is 14.5. The molecule has 2 aromatic heterocycles. The Hall–Kier alpha value is -1.81. The molecule has 22 heavy (non-hydrogen) atoms. The number of nitrogens with one attached hydrogen (secondary N) is 1. The lowest BCUT2D eigenvalue weighted by atomic mass is 10.2. The van der Waals surface area contributed by atoms with Crippen molar-refractivity contribution in [3.05, 3.63) is 77.3 Å². The smallest absolute Gasteiger partial charge is 0.134 e. The number of hydrogen-bond acceptors (Lipinski definition) is 3. The van der Waals surface area contributed by atoms with E-state index in [0.717, 1.165) is 34.3 Å². The predicted octanol–water partition coefficient (Wildman–Crippen LogP) is 1.29. The molecule has 1 N–H and O–H groups in total. The van der Waals surface area contributed by atoms with Crippen molar-refractivity contribution in [2.75, 3.05) is 0 Å². The van der Waals surface area contributed by atoms with Crippen molar-refractivity contribution in [1.29, 1.82) is 0 Å². The zero-order valence-electron chi connectivity index (χ0n) is 11.8. The molecule has 0 unspecified atom stereocenters. The van der Waals surface area contributed by atoms with Crippen LogP contribution in [-0.2, 0) is 13.1 Å². The van der Waals surface area contributed by atoms with E-state index >= 15 is 0 Å². The molecule has 3 nitrogen and oxygen atoms in total. The van der Waals surface area contributed by atoms with Crippen LogP contribution in [0.5, 0.6) is 0 Å². The van der Waals surface area contributed by atoms with Gasteiger partial charge in [-0.3, -0.25) is 4.98 Å². The van der Waals surface area contributed by atoms with Gasteiger partial charge in [0.25, 0.3) is 0 Å². The summed E-state index contributed by atoms with van der Waals surface area (Å²) < 4.78 is 5.82. The second kappa shape index (κ2) is 7.99. The summed E-state index contributed by atoms with van der Waals surface area (Å²) in [4.78, 5) is 4.27. The molecule has 0 spiro atoms. The first-order valence-corrected chi connectivity index (χ1v) is 7.14. The van der Waals surface area contributed by atoms with Gasteiger partial charge in [-0.05, 0) is 48.5 Å². The molecule has 3 rings (SSSR count). The van der Waals surface area contributed by atoms with E-state index in [4.69, 9.17) is 16.0 Å². The number of aromatic nitrogens is 1. The van der Waals surface area contributed by atoms with Crippen LogP contribution in [0.25, 0.3) is 11.3 Å². The molecule has 114 valence electrons. The number of hydrogen-bond donors (Lipinski definition) is 1. The van der Waals surface area contributed by atoms with Crippen LogP contribution < -0.4 is 17.7 Å². The molecule has 1 aromatic carbocycles. The van der Waals surface area contributed by atoms with E-state index in [-0.39, 0.29) is 12.4 Å². The highest BCUT2D eigenvalue weighted by atomic mass is 35.5. The van der Waals surface area contributed by atoms with Gasteiger partial charge < -0.3 is 22.1 Å². The number of nitrogens with zero attached hydrogens (tertiary/aromatic N) is 1. The average Bonchev–Trinajstić information content (AvgIpc) is 2.98. The van der Waals surface area contributed by atoms with Crippen LogP contribution in [0.2, 0.25) is 5.02 Å². The predicted molar refractivity (Wildman–Crippen MR) is 83.9 cm³/mol. The minimum Gasteiger partial charge on any atom is -1.00 e. The number of pyridine rings is 1. The van der Waals surface area contributed by atoms with Crippen LogP contribution in [0.15, 0.2) is 65.2 Å². The van der Waals surface area contributed by atoms with Gasteiger partial charge in [-0.1, -0.05) is 17.7 Å². The fourth-order valence-corrected chi connectivity index (χ4v) is 2.18. The van der Waals surface area contributed by atoms with Gasteiger partial charge in [-0.15, -0.1) is 0 Å². The van der Waals surface area contributed by atoms with Gasteiger partial charge in [0.2, 0.25) is 0 Å². The first-order chi connectivity index (χ1) is 10.3. The molecular formula is C17H15Cl2N2O-. The molecule has 0 aliphatic carbocycles. The molecule has 0 atom stereocenters. The maximum absolute atomic E-state index is 5.88. The van der Waals surface area contributed by atoms with Crippen molar-refractivity contribution < 1.29 is 16.8 Å². The van der Waals surface area contributed by atoms with Crippen molar-refractivity contribution in [3.8, 4) is 11.3 Å². The molecule has 0 fully saturated rings. The third-order valence-electron chi connectivity index (χ3n) is 3.12. The van der Waals surface area contributed by atoms with Crippen LogP contribution >= 0.6 is 11.6 Å². The van der Waals surface area contributed by atoms with Gasteiger partial charge in [-0.2, -0.15) is 0 Å². The average molecular weight is 334 g/mol. The highest BCUT2D eigenvalue weighted by molar-refractivity contribution is 6.30. The fraction of sp³-hybridized carbons (Fsp3) is 0.118. The summed E-state index contributed by atoms with van der Waals surface area (Å²) in [6, 6.07) is 17.5. The minimum atomic E-state index is 0. The maximum atomic E-state index is 5.88. The fourth-order valence-electron chi connectivity index (χ4n) is 2.06. The van der Waals surface area contributed by atoms with Gasteiger partial charge in [-0.25, -0.2) is 0 Å². The van der Waals surface area contributed by atoms with Crippen LogP contribution in [0.4, 0.5) is 0 Å². The lowest BCUT2D eigenvalue weighted by Gasteiger charge is -2.02. The Bertz CT molecular complexity index is 696. The number of halogens is 2. The monoisotopic (exact) mass is 333 g/mol. The summed E-state index contributed by atoms with van der Waals surface area (Å²) >= 11 is 5.88. The van der Waals surface area contributed by atoms with E-state index < -0.39 is 0 Å². The Morgan fingerprint density at radius 3 is 2.50 bits per heavy atom. The van der Waals surface area contributed by atoms with Crippen LogP contribution in [0.1, 0.15) is 11.5 Å². The van der Waals surface area contributed by atoms with Crippen molar-refractivity contribution in [3.63, 3.8) is 0 Å². The quantitative estimate of drug-likeness (QED) is 0.764. The largest absolute Gasteiger partial charge is 1.00 e. The lowest BCUT2D eigenvalue weighted by molar-refractivity contribution is -0.00000478. The molecular weight excluding hydrogens is 319 g/mol. The van der Waals surface area contributed by atoms with Crippen LogP contribution in [0.3, 0.4) is 0 Å². The van der Waals surface area contributed by atoms with E-state index in [9.17, 15) is 0 Å². The molecule has 2 heterocycles. The van der Waals surface area contributed by atoms with Crippen LogP contribution in [-0.4, -0.2) is 4.98 Å². The number of benzene rings is 1. The Balaban J connectivity index is 0.00000176. The Kier molecular flexibility index (Phi) is 6.01. The first-order valence-electron chi connectivity index (χ1n) is 6.76. The summed E-state index contributed by atoms with van der Waals surface area (Å²) in [6.45, 7) is 1.39. The van der Waals surface area contributed by atoms with E-state index in [1.54, 1.807) is 6.20 Å².